The van der Waals surface area contributed by atoms with Crippen LogP contribution in [0, 0.1) is 6.92 Å². The fourth-order valence-electron chi connectivity index (χ4n) is 1.04. The highest BCUT2D eigenvalue weighted by molar-refractivity contribution is 7.99. The van der Waals surface area contributed by atoms with Crippen molar-refractivity contribution in [3.8, 4) is 0 Å². The average molecular weight is 168 g/mol. The molecule has 0 spiro atoms. The Balaban J connectivity index is 3.37. The van der Waals surface area contributed by atoms with Gasteiger partial charge >= 0.3 is 0 Å². The average Bonchev–Trinajstić information content (AvgIpc) is 1.86. The molecule has 60 valence electrons. The van der Waals surface area contributed by atoms with Crippen LogP contribution < -0.4 is 0 Å². The molecule has 1 nitrogen and oxygen atoms in total. The van der Waals surface area contributed by atoms with Gasteiger partial charge in [-0.3, -0.25) is 4.21 Å². The molecule has 11 heavy (non-hydrogen) atoms. The van der Waals surface area contributed by atoms with Gasteiger partial charge in [0.25, 0.3) is 0 Å². The summed E-state index contributed by atoms with van der Waals surface area (Å²) in [4.78, 5) is 0.861. The van der Waals surface area contributed by atoms with Crippen LogP contribution in [0.4, 0.5) is 0 Å². The maximum absolute atomic E-state index is 11.5. The van der Waals surface area contributed by atoms with Crippen LogP contribution in [0.3, 0.4) is 0 Å². The van der Waals surface area contributed by atoms with E-state index in [9.17, 15) is 4.21 Å². The molecule has 0 aliphatic carbocycles. The standard InChI is InChI=1S/C9H12OS/c1-8-6-4-5-7-9(8)11(2,3)10/h4-7H,2H2,1,3H3. The summed E-state index contributed by atoms with van der Waals surface area (Å²) in [5, 5.41) is 0. The van der Waals surface area contributed by atoms with Gasteiger partial charge in [-0.1, -0.05) is 18.2 Å². The molecule has 1 unspecified atom stereocenters. The minimum Gasteiger partial charge on any atom is -0.263 e. The summed E-state index contributed by atoms with van der Waals surface area (Å²) < 4.78 is 11.5. The first-order valence-corrected chi connectivity index (χ1v) is 5.53. The fourth-order valence-corrected chi connectivity index (χ4v) is 2.16. The van der Waals surface area contributed by atoms with E-state index < -0.39 is 9.52 Å². The normalized spacial score (nSPS) is 15.8. The second kappa shape index (κ2) is 2.70. The highest BCUT2D eigenvalue weighted by Gasteiger charge is 2.02. The van der Waals surface area contributed by atoms with Gasteiger partial charge in [-0.15, -0.1) is 0 Å². The van der Waals surface area contributed by atoms with E-state index in [1.54, 1.807) is 6.26 Å². The van der Waals surface area contributed by atoms with Gasteiger partial charge in [-0.25, -0.2) is 0 Å². The Morgan fingerprint density at radius 2 is 1.91 bits per heavy atom. The van der Waals surface area contributed by atoms with Crippen LogP contribution >= 0.6 is 0 Å². The highest BCUT2D eigenvalue weighted by Crippen LogP contribution is 2.12. The van der Waals surface area contributed by atoms with Gasteiger partial charge in [0.1, 0.15) is 0 Å². The first kappa shape index (κ1) is 8.34. The van der Waals surface area contributed by atoms with Gasteiger partial charge < -0.3 is 0 Å². The minimum atomic E-state index is -2.03. The third kappa shape index (κ3) is 1.84. The maximum Gasteiger partial charge on any atom is 0.0331 e. The van der Waals surface area contributed by atoms with Crippen LogP contribution in [-0.4, -0.2) is 16.3 Å². The number of aryl methyl sites for hydroxylation is 1. The van der Waals surface area contributed by atoms with E-state index in [-0.39, 0.29) is 0 Å². The molecule has 1 aromatic rings. The maximum atomic E-state index is 11.5. The number of benzene rings is 1. The Hall–Kier alpha value is -0.760. The van der Waals surface area contributed by atoms with Crippen molar-refractivity contribution in [2.24, 2.45) is 0 Å². The number of rotatable bonds is 1. The lowest BCUT2D eigenvalue weighted by molar-refractivity contribution is 0.684. The quantitative estimate of drug-likeness (QED) is 0.583. The molecule has 0 bridgehead atoms. The second-order valence-electron chi connectivity index (χ2n) is 2.77. The van der Waals surface area contributed by atoms with E-state index in [1.807, 2.05) is 31.2 Å². The summed E-state index contributed by atoms with van der Waals surface area (Å²) in [5.74, 6) is 3.63. The number of hydrogen-bond acceptors (Lipinski definition) is 1. The molecule has 0 amide bonds. The van der Waals surface area contributed by atoms with Crippen molar-refractivity contribution >= 4 is 15.4 Å². The Bertz CT molecular complexity index is 350. The van der Waals surface area contributed by atoms with E-state index in [2.05, 4.69) is 5.87 Å². The SMILES string of the molecule is C=S(C)(=O)c1ccccc1C. The molecule has 1 aromatic carbocycles. The molecule has 0 aromatic heterocycles. The first-order valence-electron chi connectivity index (χ1n) is 3.40. The van der Waals surface area contributed by atoms with E-state index in [4.69, 9.17) is 0 Å². The zero-order chi connectivity index (χ0) is 8.48. The third-order valence-electron chi connectivity index (χ3n) is 1.56. The summed E-state index contributed by atoms with van der Waals surface area (Å²) in [6.45, 7) is 1.95. The Morgan fingerprint density at radius 3 is 2.27 bits per heavy atom. The van der Waals surface area contributed by atoms with E-state index in [0.717, 1.165) is 10.5 Å². The van der Waals surface area contributed by atoms with Crippen LogP contribution in [0.15, 0.2) is 29.2 Å². The Labute approximate surface area is 68.1 Å². The van der Waals surface area contributed by atoms with Crippen LogP contribution in [0.25, 0.3) is 0 Å². The van der Waals surface area contributed by atoms with Crippen LogP contribution in [-0.2, 0) is 9.52 Å². The van der Waals surface area contributed by atoms with E-state index >= 15 is 0 Å². The minimum absolute atomic E-state index is 0.861. The van der Waals surface area contributed by atoms with Gasteiger partial charge in [-0.2, -0.15) is 0 Å². The molecule has 0 heterocycles. The number of hydrogen-bond donors (Lipinski definition) is 0. The summed E-state index contributed by atoms with van der Waals surface area (Å²) in [6, 6.07) is 7.63. The zero-order valence-corrected chi connectivity index (χ0v) is 7.65. The largest absolute Gasteiger partial charge is 0.263 e. The van der Waals surface area contributed by atoms with Gasteiger partial charge in [0.2, 0.25) is 0 Å². The predicted octanol–water partition coefficient (Wildman–Crippen LogP) is 1.70. The van der Waals surface area contributed by atoms with Crippen molar-refractivity contribution in [3.05, 3.63) is 29.8 Å². The van der Waals surface area contributed by atoms with Crippen LogP contribution in [0.5, 0.6) is 0 Å². The van der Waals surface area contributed by atoms with Crippen molar-refractivity contribution in [2.75, 3.05) is 6.26 Å². The lowest BCUT2D eigenvalue weighted by atomic mass is 10.2. The molecular weight excluding hydrogens is 156 g/mol. The molecule has 0 radical (unpaired) electrons. The monoisotopic (exact) mass is 168 g/mol. The molecule has 1 rings (SSSR count). The lowest BCUT2D eigenvalue weighted by Crippen LogP contribution is -1.98. The summed E-state index contributed by atoms with van der Waals surface area (Å²) in [5.41, 5.74) is 1.05. The molecule has 0 fully saturated rings. The highest BCUT2D eigenvalue weighted by atomic mass is 32.2. The third-order valence-corrected chi connectivity index (χ3v) is 2.95. The van der Waals surface area contributed by atoms with Gasteiger partial charge in [0.15, 0.2) is 0 Å². The molecule has 2 heteroatoms. The molecule has 0 N–H and O–H groups in total. The Morgan fingerprint density at radius 1 is 1.36 bits per heavy atom. The smallest absolute Gasteiger partial charge is 0.0331 e. The van der Waals surface area contributed by atoms with Crippen molar-refractivity contribution in [1.82, 2.24) is 0 Å². The molecule has 0 aliphatic heterocycles. The predicted molar refractivity (Wildman–Crippen MR) is 50.6 cm³/mol. The van der Waals surface area contributed by atoms with Gasteiger partial charge in [-0.05, 0) is 33.9 Å². The molecule has 0 saturated heterocycles. The topological polar surface area (TPSA) is 17.1 Å². The Kier molecular flexibility index (Phi) is 2.05. The molecule has 1 atom stereocenters. The zero-order valence-electron chi connectivity index (χ0n) is 6.83. The van der Waals surface area contributed by atoms with Crippen molar-refractivity contribution in [1.29, 1.82) is 0 Å². The fraction of sp³-hybridized carbons (Fsp3) is 0.222. The van der Waals surface area contributed by atoms with Crippen molar-refractivity contribution in [3.63, 3.8) is 0 Å². The van der Waals surface area contributed by atoms with Crippen LogP contribution in [0.2, 0.25) is 0 Å². The van der Waals surface area contributed by atoms with Gasteiger partial charge in [0.05, 0.1) is 0 Å². The first-order chi connectivity index (χ1) is 5.02. The van der Waals surface area contributed by atoms with Crippen molar-refractivity contribution < 1.29 is 4.21 Å². The molecule has 0 saturated carbocycles. The summed E-state index contributed by atoms with van der Waals surface area (Å²) in [7, 11) is -2.03. The second-order valence-corrected chi connectivity index (χ2v) is 5.22. The van der Waals surface area contributed by atoms with Crippen LogP contribution in [0.1, 0.15) is 5.56 Å². The molecular formula is C9H12OS. The summed E-state index contributed by atoms with van der Waals surface area (Å²) >= 11 is 0. The van der Waals surface area contributed by atoms with Gasteiger partial charge in [0, 0.05) is 11.2 Å². The lowest BCUT2D eigenvalue weighted by Gasteiger charge is -2.05. The molecule has 0 aliphatic rings. The van der Waals surface area contributed by atoms with Crippen molar-refractivity contribution in [2.45, 2.75) is 11.8 Å². The van der Waals surface area contributed by atoms with E-state index in [1.165, 1.54) is 0 Å². The van der Waals surface area contributed by atoms with E-state index in [0.29, 0.717) is 0 Å². The summed E-state index contributed by atoms with van der Waals surface area (Å²) in [6.07, 6.45) is 1.66.